The van der Waals surface area contributed by atoms with Gasteiger partial charge < -0.3 is 15.3 Å². The van der Waals surface area contributed by atoms with Crippen molar-refractivity contribution in [2.24, 2.45) is 5.92 Å². The number of rotatable bonds is 19. The van der Waals surface area contributed by atoms with Crippen molar-refractivity contribution in [3.05, 3.63) is 0 Å². The van der Waals surface area contributed by atoms with Gasteiger partial charge in [-0.25, -0.2) is 19.4 Å². The first-order valence-corrected chi connectivity index (χ1v) is 10.6. The molecule has 1 heterocycles. The lowest BCUT2D eigenvalue weighted by molar-refractivity contribution is -0.380. The quantitative estimate of drug-likeness (QED) is 0.0871. The SMILES string of the molecule is CCCCCCC(OOC(CCCCCC)(C(=O)O)C(C(=O)O)C(=O)C1OO1)C(=O)O. The second-order valence-corrected chi connectivity index (χ2v) is 7.56. The number of hydrogen-bond acceptors (Lipinski definition) is 8. The molecule has 0 aromatic heterocycles. The van der Waals surface area contributed by atoms with Crippen LogP contribution in [0, 0.1) is 5.92 Å². The Balaban J connectivity index is 3.10. The monoisotopic (exact) mass is 448 g/mol. The van der Waals surface area contributed by atoms with E-state index in [0.717, 1.165) is 32.1 Å². The number of carboxylic acid groups (broad SMARTS) is 3. The van der Waals surface area contributed by atoms with Crippen molar-refractivity contribution in [1.82, 2.24) is 0 Å². The van der Waals surface area contributed by atoms with Gasteiger partial charge in [-0.3, -0.25) is 9.59 Å². The molecule has 0 aromatic carbocycles. The summed E-state index contributed by atoms with van der Waals surface area (Å²) < 4.78 is 0. The van der Waals surface area contributed by atoms with Gasteiger partial charge in [0.25, 0.3) is 6.29 Å². The third-order valence-electron chi connectivity index (χ3n) is 5.09. The van der Waals surface area contributed by atoms with Crippen molar-refractivity contribution >= 4 is 23.7 Å². The maximum absolute atomic E-state index is 12.5. The van der Waals surface area contributed by atoms with Crippen LogP contribution in [0.2, 0.25) is 0 Å². The topological polar surface area (TPSA) is 172 Å². The van der Waals surface area contributed by atoms with Crippen molar-refractivity contribution in [2.45, 2.75) is 96.1 Å². The lowest BCUT2D eigenvalue weighted by atomic mass is 9.80. The number of carboxylic acids is 3. The smallest absolute Gasteiger partial charge is 0.340 e. The Hall–Kier alpha value is -2.08. The molecule has 1 rings (SSSR count). The number of Topliss-reactive ketones (excluding diaryl/α,β-unsaturated/α-hetero) is 1. The van der Waals surface area contributed by atoms with E-state index in [1.165, 1.54) is 0 Å². The van der Waals surface area contributed by atoms with E-state index in [-0.39, 0.29) is 19.3 Å². The van der Waals surface area contributed by atoms with Crippen LogP contribution in [0.3, 0.4) is 0 Å². The molecule has 1 fully saturated rings. The summed E-state index contributed by atoms with van der Waals surface area (Å²) in [6.07, 6.45) is 2.09. The zero-order valence-electron chi connectivity index (χ0n) is 17.9. The molecule has 1 aliphatic rings. The minimum atomic E-state index is -2.64. The van der Waals surface area contributed by atoms with E-state index in [0.29, 0.717) is 12.8 Å². The van der Waals surface area contributed by atoms with Gasteiger partial charge in [0.1, 0.15) is 0 Å². The first-order chi connectivity index (χ1) is 14.7. The minimum absolute atomic E-state index is 0.0431. The second kappa shape index (κ2) is 13.4. The highest BCUT2D eigenvalue weighted by atomic mass is 17.4. The summed E-state index contributed by atoms with van der Waals surface area (Å²) in [5.41, 5.74) is -2.64. The Kier molecular flexibility index (Phi) is 11.6. The van der Waals surface area contributed by atoms with Crippen LogP contribution in [-0.2, 0) is 38.7 Å². The van der Waals surface area contributed by atoms with Gasteiger partial charge in [0.2, 0.25) is 11.4 Å². The molecule has 0 aromatic rings. The molecule has 0 bridgehead atoms. The third-order valence-corrected chi connectivity index (χ3v) is 5.09. The molecule has 0 amide bonds. The number of carbonyl (C=O) groups is 4. The Bertz CT molecular complexity index is 616. The van der Waals surface area contributed by atoms with E-state index in [1.807, 2.05) is 13.8 Å². The first-order valence-electron chi connectivity index (χ1n) is 10.6. The Morgan fingerprint density at radius 2 is 1.45 bits per heavy atom. The molecule has 1 aliphatic heterocycles. The van der Waals surface area contributed by atoms with Crippen molar-refractivity contribution < 1.29 is 54.0 Å². The normalized spacial score (nSPS) is 17.5. The van der Waals surface area contributed by atoms with Crippen LogP contribution in [-0.4, -0.2) is 57.0 Å². The molecule has 3 unspecified atom stereocenters. The molecule has 0 saturated carbocycles. The van der Waals surface area contributed by atoms with Crippen LogP contribution in [0.1, 0.15) is 78.1 Å². The average molecular weight is 448 g/mol. The Morgan fingerprint density at radius 3 is 1.90 bits per heavy atom. The van der Waals surface area contributed by atoms with Gasteiger partial charge in [-0.1, -0.05) is 58.8 Å². The molecule has 178 valence electrons. The summed E-state index contributed by atoms with van der Waals surface area (Å²) in [4.78, 5) is 66.9. The standard InChI is InChI=1S/C20H32O11/c1-3-5-7-9-11-13(16(22)23)28-31-20(19(26)27,12-10-8-6-4-2)14(17(24)25)15(21)18-29-30-18/h13-14,18H,3-12H2,1-2H3,(H,22,23)(H,24,25)(H,26,27). The fraction of sp³-hybridized carbons (Fsp3) is 0.800. The molecular weight excluding hydrogens is 416 g/mol. The lowest BCUT2D eigenvalue weighted by Gasteiger charge is -2.32. The van der Waals surface area contributed by atoms with Crippen molar-refractivity contribution in [3.63, 3.8) is 0 Å². The van der Waals surface area contributed by atoms with Gasteiger partial charge in [-0.05, 0) is 19.3 Å². The van der Waals surface area contributed by atoms with E-state index < -0.39 is 47.6 Å². The van der Waals surface area contributed by atoms with Gasteiger partial charge in [0.15, 0.2) is 12.0 Å². The molecule has 11 nitrogen and oxygen atoms in total. The summed E-state index contributed by atoms with van der Waals surface area (Å²) in [5.74, 6) is -8.26. The van der Waals surface area contributed by atoms with Crippen LogP contribution in [0.5, 0.6) is 0 Å². The van der Waals surface area contributed by atoms with E-state index in [9.17, 15) is 34.5 Å². The molecule has 11 heteroatoms. The lowest BCUT2D eigenvalue weighted by Crippen LogP contribution is -2.56. The van der Waals surface area contributed by atoms with Gasteiger partial charge in [0, 0.05) is 0 Å². The molecule has 0 aliphatic carbocycles. The highest BCUT2D eigenvalue weighted by Crippen LogP contribution is 2.35. The largest absolute Gasteiger partial charge is 0.481 e. The van der Waals surface area contributed by atoms with Crippen molar-refractivity contribution in [3.8, 4) is 0 Å². The number of hydrogen-bond donors (Lipinski definition) is 3. The van der Waals surface area contributed by atoms with Gasteiger partial charge in [0.05, 0.1) is 0 Å². The summed E-state index contributed by atoms with van der Waals surface area (Å²) in [6.45, 7) is 3.93. The van der Waals surface area contributed by atoms with E-state index in [1.54, 1.807) is 0 Å². The van der Waals surface area contributed by atoms with E-state index in [4.69, 9.17) is 9.78 Å². The second-order valence-electron chi connectivity index (χ2n) is 7.56. The number of aliphatic carboxylic acids is 3. The van der Waals surface area contributed by atoms with Crippen LogP contribution in [0.15, 0.2) is 0 Å². The first kappa shape index (κ1) is 27.0. The van der Waals surface area contributed by atoms with E-state index in [2.05, 4.69) is 9.78 Å². The highest BCUT2D eigenvalue weighted by molar-refractivity contribution is 6.06. The van der Waals surface area contributed by atoms with Gasteiger partial charge in [-0.15, -0.1) is 0 Å². The van der Waals surface area contributed by atoms with Gasteiger partial charge >= 0.3 is 17.9 Å². The predicted molar refractivity (Wildman–Crippen MR) is 104 cm³/mol. The maximum Gasteiger partial charge on any atom is 0.340 e. The van der Waals surface area contributed by atoms with Crippen LogP contribution in [0.25, 0.3) is 0 Å². The molecule has 1 saturated heterocycles. The maximum atomic E-state index is 12.5. The molecule has 0 spiro atoms. The highest BCUT2D eigenvalue weighted by Gasteiger charge is 2.60. The zero-order valence-corrected chi connectivity index (χ0v) is 17.9. The fourth-order valence-corrected chi connectivity index (χ4v) is 3.24. The van der Waals surface area contributed by atoms with Crippen LogP contribution < -0.4 is 0 Å². The molecule has 3 N–H and O–H groups in total. The number of carbonyl (C=O) groups excluding carboxylic acids is 1. The van der Waals surface area contributed by atoms with Crippen LogP contribution >= 0.6 is 0 Å². The van der Waals surface area contributed by atoms with Crippen molar-refractivity contribution in [1.29, 1.82) is 0 Å². The van der Waals surface area contributed by atoms with Crippen LogP contribution in [0.4, 0.5) is 0 Å². The predicted octanol–water partition coefficient (Wildman–Crippen LogP) is 2.71. The minimum Gasteiger partial charge on any atom is -0.481 e. The summed E-state index contributed by atoms with van der Waals surface area (Å²) in [7, 11) is 0. The average Bonchev–Trinajstić information content (AvgIpc) is 3.54. The Labute approximate surface area is 180 Å². The summed E-state index contributed by atoms with van der Waals surface area (Å²) in [5, 5.41) is 28.9. The van der Waals surface area contributed by atoms with Crippen molar-refractivity contribution in [2.75, 3.05) is 0 Å². The van der Waals surface area contributed by atoms with E-state index >= 15 is 0 Å². The number of unbranched alkanes of at least 4 members (excludes halogenated alkanes) is 6. The Morgan fingerprint density at radius 1 is 0.871 bits per heavy atom. The molecule has 0 radical (unpaired) electrons. The summed E-state index contributed by atoms with van der Waals surface area (Å²) >= 11 is 0. The molecule has 31 heavy (non-hydrogen) atoms. The molecular formula is C20H32O11. The van der Waals surface area contributed by atoms with Gasteiger partial charge in [-0.2, -0.15) is 9.78 Å². The summed E-state index contributed by atoms with van der Waals surface area (Å²) in [6, 6.07) is 0. The third kappa shape index (κ3) is 8.17. The number of ketones is 1. The zero-order chi connectivity index (χ0) is 23.4. The molecule has 3 atom stereocenters. The fourth-order valence-electron chi connectivity index (χ4n) is 3.24.